The number of benzene rings is 1. The molecule has 0 saturated heterocycles. The van der Waals surface area contributed by atoms with Crippen LogP contribution < -0.4 is 10.6 Å². The normalized spacial score (nSPS) is 12.0. The van der Waals surface area contributed by atoms with Crippen LogP contribution in [0.3, 0.4) is 0 Å². The topological polar surface area (TPSA) is 87.5 Å². The molecular weight excluding hydrogens is 320 g/mol. The van der Waals surface area contributed by atoms with E-state index >= 15 is 0 Å². The Kier molecular flexibility index (Phi) is 6.30. The van der Waals surface area contributed by atoms with Crippen molar-refractivity contribution < 1.29 is 14.1 Å². The van der Waals surface area contributed by atoms with Crippen molar-refractivity contribution in [3.05, 3.63) is 41.6 Å². The van der Waals surface area contributed by atoms with E-state index in [1.54, 1.807) is 13.0 Å². The summed E-state index contributed by atoms with van der Waals surface area (Å²) in [5, 5.41) is 9.19. The SMILES string of the molecule is Cc1cccc(-c2cc(C(=O)N[C@H](C)C(=O)NCCN(C)C)no2)c1. The van der Waals surface area contributed by atoms with Crippen LogP contribution in [0.5, 0.6) is 0 Å². The molecule has 2 rings (SSSR count). The third kappa shape index (κ3) is 5.42. The molecule has 0 unspecified atom stereocenters. The first-order valence-electron chi connectivity index (χ1n) is 8.14. The summed E-state index contributed by atoms with van der Waals surface area (Å²) in [6, 6.07) is 8.63. The van der Waals surface area contributed by atoms with E-state index < -0.39 is 11.9 Å². The van der Waals surface area contributed by atoms with Gasteiger partial charge < -0.3 is 20.1 Å². The molecule has 0 bridgehead atoms. The molecule has 0 aliphatic carbocycles. The number of carbonyl (C=O) groups is 2. The third-order valence-corrected chi connectivity index (χ3v) is 3.64. The molecule has 2 aromatic rings. The molecule has 2 N–H and O–H groups in total. The summed E-state index contributed by atoms with van der Waals surface area (Å²) in [6.45, 7) is 4.86. The Morgan fingerprint density at radius 2 is 2.04 bits per heavy atom. The summed E-state index contributed by atoms with van der Waals surface area (Å²) in [7, 11) is 3.85. The predicted octanol–water partition coefficient (Wildman–Crippen LogP) is 1.45. The summed E-state index contributed by atoms with van der Waals surface area (Å²) >= 11 is 0. The van der Waals surface area contributed by atoms with Gasteiger partial charge in [-0.2, -0.15) is 0 Å². The second kappa shape index (κ2) is 8.43. The van der Waals surface area contributed by atoms with Crippen LogP contribution in [0.4, 0.5) is 0 Å². The van der Waals surface area contributed by atoms with E-state index in [1.165, 1.54) is 0 Å². The largest absolute Gasteiger partial charge is 0.355 e. The van der Waals surface area contributed by atoms with Gasteiger partial charge >= 0.3 is 0 Å². The van der Waals surface area contributed by atoms with Crippen LogP contribution in [0.15, 0.2) is 34.9 Å². The number of aryl methyl sites for hydroxylation is 1. The molecule has 134 valence electrons. The summed E-state index contributed by atoms with van der Waals surface area (Å²) in [6.07, 6.45) is 0. The highest BCUT2D eigenvalue weighted by Gasteiger charge is 2.19. The highest BCUT2D eigenvalue weighted by atomic mass is 16.5. The van der Waals surface area contributed by atoms with Crippen molar-refractivity contribution >= 4 is 11.8 Å². The summed E-state index contributed by atoms with van der Waals surface area (Å²) < 4.78 is 5.24. The lowest BCUT2D eigenvalue weighted by Crippen LogP contribution is -2.46. The van der Waals surface area contributed by atoms with E-state index in [9.17, 15) is 9.59 Å². The molecule has 0 saturated carbocycles. The van der Waals surface area contributed by atoms with Crippen molar-refractivity contribution in [2.45, 2.75) is 19.9 Å². The van der Waals surface area contributed by atoms with Crippen LogP contribution in [0.25, 0.3) is 11.3 Å². The van der Waals surface area contributed by atoms with Gasteiger partial charge in [0.05, 0.1) is 0 Å². The minimum Gasteiger partial charge on any atom is -0.355 e. The van der Waals surface area contributed by atoms with Gasteiger partial charge in [0, 0.05) is 24.7 Å². The van der Waals surface area contributed by atoms with Gasteiger partial charge in [0.15, 0.2) is 11.5 Å². The van der Waals surface area contributed by atoms with Gasteiger partial charge in [-0.3, -0.25) is 9.59 Å². The van der Waals surface area contributed by atoms with E-state index in [0.717, 1.165) is 17.7 Å². The molecule has 7 nitrogen and oxygen atoms in total. The molecule has 1 aromatic carbocycles. The molecule has 1 atom stereocenters. The fraction of sp³-hybridized carbons (Fsp3) is 0.389. The Bertz CT molecular complexity index is 739. The lowest BCUT2D eigenvalue weighted by atomic mass is 10.1. The van der Waals surface area contributed by atoms with Crippen LogP contribution >= 0.6 is 0 Å². The fourth-order valence-electron chi connectivity index (χ4n) is 2.21. The molecule has 0 aliphatic rings. The molecule has 2 amide bonds. The zero-order valence-corrected chi connectivity index (χ0v) is 15.0. The lowest BCUT2D eigenvalue weighted by molar-refractivity contribution is -0.122. The first-order chi connectivity index (χ1) is 11.9. The number of hydrogen-bond acceptors (Lipinski definition) is 5. The number of amides is 2. The quantitative estimate of drug-likeness (QED) is 0.794. The molecule has 25 heavy (non-hydrogen) atoms. The first-order valence-corrected chi connectivity index (χ1v) is 8.14. The first kappa shape index (κ1) is 18.7. The molecule has 0 fully saturated rings. The monoisotopic (exact) mass is 344 g/mol. The molecule has 1 heterocycles. The zero-order chi connectivity index (χ0) is 18.4. The van der Waals surface area contributed by atoms with Gasteiger partial charge in [-0.25, -0.2) is 0 Å². The van der Waals surface area contributed by atoms with Crippen LogP contribution in [0.1, 0.15) is 23.0 Å². The smallest absolute Gasteiger partial charge is 0.274 e. The van der Waals surface area contributed by atoms with Gasteiger partial charge in [0.2, 0.25) is 5.91 Å². The summed E-state index contributed by atoms with van der Waals surface area (Å²) in [4.78, 5) is 26.2. The molecule has 7 heteroatoms. The molecular formula is C18H24N4O3. The van der Waals surface area contributed by atoms with Crippen molar-refractivity contribution in [3.8, 4) is 11.3 Å². The van der Waals surface area contributed by atoms with Gasteiger partial charge in [0.25, 0.3) is 5.91 Å². The Labute approximate surface area is 147 Å². The maximum Gasteiger partial charge on any atom is 0.274 e. The van der Waals surface area contributed by atoms with Crippen LogP contribution in [-0.4, -0.2) is 55.1 Å². The summed E-state index contributed by atoms with van der Waals surface area (Å²) in [5.74, 6) is -0.174. The maximum absolute atomic E-state index is 12.2. The van der Waals surface area contributed by atoms with Crippen molar-refractivity contribution in [2.75, 3.05) is 27.2 Å². The zero-order valence-electron chi connectivity index (χ0n) is 15.0. The number of carbonyl (C=O) groups excluding carboxylic acids is 2. The number of nitrogens with zero attached hydrogens (tertiary/aromatic N) is 2. The summed E-state index contributed by atoms with van der Waals surface area (Å²) in [5.41, 5.74) is 2.08. The number of likely N-dealkylation sites (N-methyl/N-ethyl adjacent to an activating group) is 1. The lowest BCUT2D eigenvalue weighted by Gasteiger charge is -2.15. The standard InChI is InChI=1S/C18H24N4O3/c1-12-6-5-7-14(10-12)16-11-15(21-25-16)18(24)20-13(2)17(23)19-8-9-22(3)4/h5-7,10-11,13H,8-9H2,1-4H3,(H,19,23)(H,20,24)/t13-/m1/s1. The Balaban J connectivity index is 1.94. The van der Waals surface area contributed by atoms with E-state index in [0.29, 0.717) is 12.3 Å². The number of aromatic nitrogens is 1. The number of nitrogens with one attached hydrogen (secondary N) is 2. The van der Waals surface area contributed by atoms with Gasteiger partial charge in [-0.15, -0.1) is 0 Å². The van der Waals surface area contributed by atoms with Gasteiger partial charge in [-0.05, 0) is 34.0 Å². The highest BCUT2D eigenvalue weighted by Crippen LogP contribution is 2.21. The maximum atomic E-state index is 12.2. The highest BCUT2D eigenvalue weighted by molar-refractivity contribution is 5.96. The molecule has 0 spiro atoms. The molecule has 0 aliphatic heterocycles. The minimum atomic E-state index is -0.659. The fourth-order valence-corrected chi connectivity index (χ4v) is 2.21. The van der Waals surface area contributed by atoms with E-state index in [4.69, 9.17) is 4.52 Å². The van der Waals surface area contributed by atoms with Gasteiger partial charge in [-0.1, -0.05) is 28.9 Å². The average Bonchev–Trinajstić information content (AvgIpc) is 3.04. The van der Waals surface area contributed by atoms with Crippen LogP contribution in [0, 0.1) is 6.92 Å². The minimum absolute atomic E-state index is 0.143. The average molecular weight is 344 g/mol. The predicted molar refractivity (Wildman–Crippen MR) is 95.2 cm³/mol. The van der Waals surface area contributed by atoms with E-state index in [1.807, 2.05) is 50.2 Å². The number of hydrogen-bond donors (Lipinski definition) is 2. The van der Waals surface area contributed by atoms with Crippen LogP contribution in [0.2, 0.25) is 0 Å². The van der Waals surface area contributed by atoms with E-state index in [2.05, 4.69) is 15.8 Å². The van der Waals surface area contributed by atoms with Gasteiger partial charge in [0.1, 0.15) is 6.04 Å². The number of rotatable bonds is 7. The van der Waals surface area contributed by atoms with Crippen molar-refractivity contribution in [3.63, 3.8) is 0 Å². The third-order valence-electron chi connectivity index (χ3n) is 3.64. The Morgan fingerprint density at radius 3 is 2.72 bits per heavy atom. The van der Waals surface area contributed by atoms with Crippen molar-refractivity contribution in [1.82, 2.24) is 20.7 Å². The Hall–Kier alpha value is -2.67. The second-order valence-electron chi connectivity index (χ2n) is 6.24. The van der Waals surface area contributed by atoms with Crippen molar-refractivity contribution in [1.29, 1.82) is 0 Å². The second-order valence-corrected chi connectivity index (χ2v) is 6.24. The molecule has 1 aromatic heterocycles. The Morgan fingerprint density at radius 1 is 1.28 bits per heavy atom. The van der Waals surface area contributed by atoms with E-state index in [-0.39, 0.29) is 11.6 Å². The van der Waals surface area contributed by atoms with Crippen molar-refractivity contribution in [2.24, 2.45) is 0 Å². The van der Waals surface area contributed by atoms with Crippen LogP contribution in [-0.2, 0) is 4.79 Å². The molecule has 0 radical (unpaired) electrons.